The summed E-state index contributed by atoms with van der Waals surface area (Å²) in [6, 6.07) is 8.33. The number of benzene rings is 1. The van der Waals surface area contributed by atoms with Crippen LogP contribution in [-0.4, -0.2) is 36.5 Å². The van der Waals surface area contributed by atoms with Gasteiger partial charge in [0.2, 0.25) is 0 Å². The minimum atomic E-state index is -1.96. The van der Waals surface area contributed by atoms with E-state index in [1.807, 2.05) is 10.6 Å². The van der Waals surface area contributed by atoms with Gasteiger partial charge in [-0.15, -0.1) is 0 Å². The van der Waals surface area contributed by atoms with Crippen molar-refractivity contribution in [2.75, 3.05) is 6.61 Å². The van der Waals surface area contributed by atoms with Gasteiger partial charge in [0, 0.05) is 12.7 Å². The number of primary amides is 1. The molecule has 2 rings (SSSR count). The van der Waals surface area contributed by atoms with E-state index in [2.05, 4.69) is 77.8 Å². The van der Waals surface area contributed by atoms with Crippen LogP contribution in [0, 0.1) is 0 Å². The standard InChI is InChI=1S/C25H41N3O3Si/c1-24(2,3)19-11-9-12-20(15-19)30-14-10-13-21(31-32(7,8)25(4,5)6)16-28-17-22(23(26)29)27-18-28/h9,11-12,15,17-18,21H,10,13-14,16H2,1-8H3,(H2,26,29)/t21-/m0/s1. The number of amides is 1. The summed E-state index contributed by atoms with van der Waals surface area (Å²) in [4.78, 5) is 15.5. The summed E-state index contributed by atoms with van der Waals surface area (Å²) in [7, 11) is -1.96. The highest BCUT2D eigenvalue weighted by Gasteiger charge is 2.39. The Morgan fingerprint density at radius 1 is 1.19 bits per heavy atom. The maximum absolute atomic E-state index is 11.4. The normalized spacial score (nSPS) is 13.8. The van der Waals surface area contributed by atoms with Gasteiger partial charge in [0.1, 0.15) is 11.4 Å². The monoisotopic (exact) mass is 459 g/mol. The molecule has 0 bridgehead atoms. The fourth-order valence-electron chi connectivity index (χ4n) is 3.16. The molecule has 1 aromatic carbocycles. The van der Waals surface area contributed by atoms with Gasteiger partial charge < -0.3 is 19.5 Å². The molecule has 178 valence electrons. The van der Waals surface area contributed by atoms with E-state index in [4.69, 9.17) is 14.9 Å². The lowest BCUT2D eigenvalue weighted by molar-refractivity contribution is 0.0995. The number of rotatable bonds is 10. The molecule has 1 aromatic heterocycles. The van der Waals surface area contributed by atoms with E-state index in [1.54, 1.807) is 12.5 Å². The smallest absolute Gasteiger partial charge is 0.268 e. The van der Waals surface area contributed by atoms with Crippen LogP contribution in [0.3, 0.4) is 0 Å². The van der Waals surface area contributed by atoms with Crippen molar-refractivity contribution in [2.24, 2.45) is 5.73 Å². The van der Waals surface area contributed by atoms with Crippen molar-refractivity contribution in [3.63, 3.8) is 0 Å². The SMILES string of the molecule is CC(C)(C)c1cccc(OCCC[C@@H](Cn2cnc(C(N)=O)c2)O[Si](C)(C)C(C)(C)C)c1. The first-order valence-corrected chi connectivity index (χ1v) is 14.3. The Balaban J connectivity index is 2.02. The lowest BCUT2D eigenvalue weighted by atomic mass is 9.87. The van der Waals surface area contributed by atoms with Crippen LogP contribution in [0.4, 0.5) is 0 Å². The largest absolute Gasteiger partial charge is 0.494 e. The molecule has 0 aliphatic carbocycles. The van der Waals surface area contributed by atoms with Gasteiger partial charge in [-0.3, -0.25) is 4.79 Å². The predicted molar refractivity (Wildman–Crippen MR) is 133 cm³/mol. The third-order valence-corrected chi connectivity index (χ3v) is 10.7. The van der Waals surface area contributed by atoms with Crippen LogP contribution in [0.5, 0.6) is 5.75 Å². The Kier molecular flexibility index (Phi) is 8.34. The van der Waals surface area contributed by atoms with Crippen LogP contribution in [0.15, 0.2) is 36.8 Å². The first-order valence-electron chi connectivity index (χ1n) is 11.4. The van der Waals surface area contributed by atoms with E-state index in [1.165, 1.54) is 5.56 Å². The van der Waals surface area contributed by atoms with E-state index in [9.17, 15) is 4.79 Å². The number of hydrogen-bond donors (Lipinski definition) is 1. The van der Waals surface area contributed by atoms with Gasteiger partial charge in [-0.05, 0) is 54.1 Å². The summed E-state index contributed by atoms with van der Waals surface area (Å²) in [5, 5.41) is 0.114. The summed E-state index contributed by atoms with van der Waals surface area (Å²) >= 11 is 0. The van der Waals surface area contributed by atoms with Crippen molar-refractivity contribution in [1.29, 1.82) is 0 Å². The molecular weight excluding hydrogens is 418 g/mol. The van der Waals surface area contributed by atoms with Crippen LogP contribution in [0.1, 0.15) is 70.4 Å². The van der Waals surface area contributed by atoms with Crippen molar-refractivity contribution in [2.45, 2.75) is 90.6 Å². The average Bonchev–Trinajstić information content (AvgIpc) is 3.12. The fourth-order valence-corrected chi connectivity index (χ4v) is 4.54. The summed E-state index contributed by atoms with van der Waals surface area (Å²) < 4.78 is 14.7. The van der Waals surface area contributed by atoms with Gasteiger partial charge in [0.05, 0.1) is 19.0 Å². The molecule has 0 unspecified atom stereocenters. The summed E-state index contributed by atoms with van der Waals surface area (Å²) in [5.74, 6) is 0.386. The molecule has 2 aromatic rings. The maximum atomic E-state index is 11.4. The van der Waals surface area contributed by atoms with E-state index < -0.39 is 14.2 Å². The van der Waals surface area contributed by atoms with Crippen LogP contribution < -0.4 is 10.5 Å². The Bertz CT molecular complexity index is 894. The van der Waals surface area contributed by atoms with Gasteiger partial charge in [-0.1, -0.05) is 53.7 Å². The average molecular weight is 460 g/mol. The molecule has 2 N–H and O–H groups in total. The number of hydrogen-bond acceptors (Lipinski definition) is 4. The molecule has 1 atom stereocenters. The molecule has 32 heavy (non-hydrogen) atoms. The van der Waals surface area contributed by atoms with Crippen molar-refractivity contribution in [3.8, 4) is 5.75 Å². The second-order valence-electron chi connectivity index (χ2n) is 11.1. The number of carbonyl (C=O) groups excluding carboxylic acids is 1. The molecule has 0 fully saturated rings. The van der Waals surface area contributed by atoms with Crippen molar-refractivity contribution >= 4 is 14.2 Å². The third kappa shape index (κ3) is 7.48. The second kappa shape index (κ2) is 10.2. The fraction of sp³-hybridized carbons (Fsp3) is 0.600. The molecule has 0 spiro atoms. The number of carbonyl (C=O) groups is 1. The molecule has 7 heteroatoms. The Morgan fingerprint density at radius 2 is 1.88 bits per heavy atom. The zero-order valence-corrected chi connectivity index (χ0v) is 22.1. The first-order chi connectivity index (χ1) is 14.7. The van der Waals surface area contributed by atoms with Gasteiger partial charge in [0.25, 0.3) is 5.91 Å². The molecule has 0 saturated carbocycles. The molecule has 0 saturated heterocycles. The van der Waals surface area contributed by atoms with E-state index in [0.717, 1.165) is 18.6 Å². The number of nitrogens with zero attached hydrogens (tertiary/aromatic N) is 2. The number of imidazole rings is 1. The highest BCUT2D eigenvalue weighted by molar-refractivity contribution is 6.74. The van der Waals surface area contributed by atoms with Crippen LogP contribution in [0.2, 0.25) is 18.1 Å². The Hall–Kier alpha value is -2.12. The second-order valence-corrected chi connectivity index (χ2v) is 15.8. The Morgan fingerprint density at radius 3 is 2.44 bits per heavy atom. The van der Waals surface area contributed by atoms with Crippen LogP contribution in [0.25, 0.3) is 0 Å². The van der Waals surface area contributed by atoms with Crippen molar-refractivity contribution in [1.82, 2.24) is 9.55 Å². The van der Waals surface area contributed by atoms with E-state index in [-0.39, 0.29) is 22.3 Å². The summed E-state index contributed by atoms with van der Waals surface area (Å²) in [6.45, 7) is 19.1. The van der Waals surface area contributed by atoms with Crippen molar-refractivity contribution < 1.29 is 14.0 Å². The van der Waals surface area contributed by atoms with Gasteiger partial charge in [-0.2, -0.15) is 0 Å². The highest BCUT2D eigenvalue weighted by Crippen LogP contribution is 2.38. The van der Waals surface area contributed by atoms with E-state index in [0.29, 0.717) is 13.2 Å². The van der Waals surface area contributed by atoms with Gasteiger partial charge in [-0.25, -0.2) is 4.98 Å². The number of aromatic nitrogens is 2. The molecule has 0 aliphatic heterocycles. The maximum Gasteiger partial charge on any atom is 0.268 e. The minimum absolute atomic E-state index is 0.00956. The summed E-state index contributed by atoms with van der Waals surface area (Å²) in [6.07, 6.45) is 5.08. The van der Waals surface area contributed by atoms with Gasteiger partial charge in [0.15, 0.2) is 8.32 Å². The minimum Gasteiger partial charge on any atom is -0.494 e. The lowest BCUT2D eigenvalue weighted by Gasteiger charge is -2.39. The molecule has 0 radical (unpaired) electrons. The van der Waals surface area contributed by atoms with Crippen molar-refractivity contribution in [3.05, 3.63) is 48.0 Å². The molecular formula is C25H41N3O3Si. The summed E-state index contributed by atoms with van der Waals surface area (Å²) in [5.41, 5.74) is 6.98. The Labute approximate surface area is 194 Å². The number of nitrogens with two attached hydrogens (primary N) is 1. The molecule has 6 nitrogen and oxygen atoms in total. The molecule has 1 heterocycles. The zero-order chi connectivity index (χ0) is 24.2. The van der Waals surface area contributed by atoms with E-state index >= 15 is 0 Å². The predicted octanol–water partition coefficient (Wildman–Crippen LogP) is 5.53. The number of ether oxygens (including phenoxy) is 1. The van der Waals surface area contributed by atoms with Crippen LogP contribution in [-0.2, 0) is 16.4 Å². The van der Waals surface area contributed by atoms with Crippen LogP contribution >= 0.6 is 0 Å². The lowest BCUT2D eigenvalue weighted by Crippen LogP contribution is -2.45. The quantitative estimate of drug-likeness (QED) is 0.374. The highest BCUT2D eigenvalue weighted by atomic mass is 28.4. The molecule has 0 aliphatic rings. The zero-order valence-electron chi connectivity index (χ0n) is 21.1. The molecule has 1 amide bonds. The topological polar surface area (TPSA) is 79.4 Å². The van der Waals surface area contributed by atoms with Gasteiger partial charge >= 0.3 is 0 Å². The first kappa shape index (κ1) is 26.1. The third-order valence-electron chi connectivity index (χ3n) is 6.21.